The van der Waals surface area contributed by atoms with Gasteiger partial charge in [-0.1, -0.05) is 6.92 Å². The molecule has 1 saturated carbocycles. The van der Waals surface area contributed by atoms with Crippen LogP contribution in [0.5, 0.6) is 5.88 Å². The number of amides is 1. The Morgan fingerprint density at radius 1 is 1.33 bits per heavy atom. The number of aromatic nitrogens is 5. The lowest BCUT2D eigenvalue weighted by atomic mass is 10.2. The zero-order chi connectivity index (χ0) is 26.9. The van der Waals surface area contributed by atoms with Crippen LogP contribution in [0.3, 0.4) is 0 Å². The molecule has 1 amide bonds. The molecule has 1 saturated heterocycles. The average Bonchev–Trinajstić information content (AvgIpc) is 3.30. The Morgan fingerprint density at radius 2 is 2.15 bits per heavy atom. The Hall–Kier alpha value is -3.81. The molecule has 1 aliphatic carbocycles. The maximum atomic E-state index is 13.1. The van der Waals surface area contributed by atoms with Gasteiger partial charge in [-0.05, 0) is 37.5 Å². The van der Waals surface area contributed by atoms with Crippen molar-refractivity contribution in [3.63, 3.8) is 0 Å². The third-order valence-electron chi connectivity index (χ3n) is 6.87. The lowest BCUT2D eigenvalue weighted by Crippen LogP contribution is -2.46. The SMILES string of the molecule is CCC(CN1CCOCC1)NC(=O)c1ccc(-c2cc(=NC3CC3)n3ncc(=Cc4[nH]c(=O)[nH]c4O)c3n2)s1. The molecule has 0 spiro atoms. The molecule has 1 atom stereocenters. The summed E-state index contributed by atoms with van der Waals surface area (Å²) in [5, 5.41) is 18.3. The van der Waals surface area contributed by atoms with Gasteiger partial charge in [0.25, 0.3) is 5.91 Å². The van der Waals surface area contributed by atoms with Crippen molar-refractivity contribution in [1.29, 1.82) is 0 Å². The summed E-state index contributed by atoms with van der Waals surface area (Å²) in [5.74, 6) is -0.355. The summed E-state index contributed by atoms with van der Waals surface area (Å²) in [6, 6.07) is 5.93. The van der Waals surface area contributed by atoms with Crippen molar-refractivity contribution in [2.45, 2.75) is 38.3 Å². The number of morpholine rings is 1. The standard InChI is InChI=1S/C26H30N8O4S/c1-2-16(14-33-7-9-38-10-8-33)29-25(36)21-6-5-20(39-21)18-12-22(28-17-3-4-17)34-23(30-18)15(13-27-34)11-19-24(35)32-26(37)31-19/h5-6,11-13,16-17,35H,2-4,7-10,14H2,1H3,(H,29,36)(H2,31,32,37). The van der Waals surface area contributed by atoms with E-state index >= 15 is 0 Å². The topological polar surface area (TPSA) is 153 Å². The van der Waals surface area contributed by atoms with Crippen molar-refractivity contribution in [1.82, 2.24) is 34.8 Å². The molecular weight excluding hydrogens is 520 g/mol. The summed E-state index contributed by atoms with van der Waals surface area (Å²) in [6.07, 6.45) is 6.14. The van der Waals surface area contributed by atoms with Gasteiger partial charge in [0.15, 0.2) is 11.1 Å². The number of nitrogens with zero attached hydrogens (tertiary/aromatic N) is 5. The van der Waals surface area contributed by atoms with E-state index in [2.05, 4.69) is 32.2 Å². The number of rotatable bonds is 8. The zero-order valence-electron chi connectivity index (χ0n) is 21.5. The molecule has 1 aliphatic heterocycles. The Kier molecular flexibility index (Phi) is 7.02. The molecule has 5 heterocycles. The molecular formula is C26H30N8O4S. The van der Waals surface area contributed by atoms with Gasteiger partial charge in [-0.2, -0.15) is 9.61 Å². The minimum Gasteiger partial charge on any atom is -0.493 e. The number of carbonyl (C=O) groups excluding carboxylic acids is 1. The second kappa shape index (κ2) is 10.8. The van der Waals surface area contributed by atoms with Gasteiger partial charge >= 0.3 is 5.69 Å². The van der Waals surface area contributed by atoms with Gasteiger partial charge in [0.2, 0.25) is 5.88 Å². The van der Waals surface area contributed by atoms with E-state index in [0.717, 1.165) is 57.0 Å². The van der Waals surface area contributed by atoms with Crippen LogP contribution in [0.25, 0.3) is 22.3 Å². The van der Waals surface area contributed by atoms with Crippen molar-refractivity contribution in [2.24, 2.45) is 4.99 Å². The van der Waals surface area contributed by atoms with Crippen LogP contribution in [0.2, 0.25) is 0 Å². The predicted molar refractivity (Wildman–Crippen MR) is 146 cm³/mol. The fourth-order valence-corrected chi connectivity index (χ4v) is 5.42. The number of thiophene rings is 1. The maximum absolute atomic E-state index is 13.1. The molecule has 13 heteroatoms. The van der Waals surface area contributed by atoms with Crippen LogP contribution in [0.1, 0.15) is 41.6 Å². The lowest BCUT2D eigenvalue weighted by molar-refractivity contribution is 0.0331. The molecule has 0 radical (unpaired) electrons. The third kappa shape index (κ3) is 5.65. The van der Waals surface area contributed by atoms with E-state index in [4.69, 9.17) is 14.7 Å². The number of hydrogen-bond acceptors (Lipinski definition) is 9. The first-order chi connectivity index (χ1) is 19.0. The third-order valence-corrected chi connectivity index (χ3v) is 7.98. The number of imidazole rings is 1. The molecule has 4 N–H and O–H groups in total. The lowest BCUT2D eigenvalue weighted by Gasteiger charge is -2.30. The minimum absolute atomic E-state index is 0.0562. The Balaban J connectivity index is 1.31. The molecule has 0 aromatic carbocycles. The quantitative estimate of drug-likeness (QED) is 0.251. The minimum atomic E-state index is -0.507. The Bertz CT molecular complexity index is 1680. The molecule has 204 valence electrons. The first-order valence-corrected chi connectivity index (χ1v) is 13.9. The highest BCUT2D eigenvalue weighted by Crippen LogP contribution is 2.27. The van der Waals surface area contributed by atoms with Crippen LogP contribution in [0.15, 0.2) is 34.2 Å². The molecule has 2 fully saturated rings. The highest BCUT2D eigenvalue weighted by Gasteiger charge is 2.22. The van der Waals surface area contributed by atoms with E-state index < -0.39 is 5.69 Å². The summed E-state index contributed by atoms with van der Waals surface area (Å²) < 4.78 is 7.09. The van der Waals surface area contributed by atoms with Crippen LogP contribution in [-0.2, 0) is 4.74 Å². The van der Waals surface area contributed by atoms with Gasteiger partial charge in [0, 0.05) is 37.0 Å². The van der Waals surface area contributed by atoms with E-state index in [9.17, 15) is 14.7 Å². The fraction of sp³-hybridized carbons (Fsp3) is 0.423. The second-order valence-corrected chi connectivity index (χ2v) is 10.9. The summed E-state index contributed by atoms with van der Waals surface area (Å²) >= 11 is 1.38. The van der Waals surface area contributed by atoms with Crippen molar-refractivity contribution < 1.29 is 14.6 Å². The summed E-state index contributed by atoms with van der Waals surface area (Å²) in [7, 11) is 0. The highest BCUT2D eigenvalue weighted by molar-refractivity contribution is 7.17. The number of hydrogen-bond donors (Lipinski definition) is 4. The fourth-order valence-electron chi connectivity index (χ4n) is 4.55. The number of carbonyl (C=O) groups is 1. The van der Waals surface area contributed by atoms with E-state index in [1.165, 1.54) is 11.3 Å². The Labute approximate surface area is 227 Å². The number of H-pyrrole nitrogens is 2. The van der Waals surface area contributed by atoms with Crippen LogP contribution in [0.4, 0.5) is 0 Å². The van der Waals surface area contributed by atoms with Gasteiger partial charge in [-0.15, -0.1) is 11.3 Å². The van der Waals surface area contributed by atoms with Crippen LogP contribution in [-0.4, -0.2) is 85.4 Å². The summed E-state index contributed by atoms with van der Waals surface area (Å²) in [6.45, 7) is 6.10. The number of aromatic hydroxyl groups is 1. The summed E-state index contributed by atoms with van der Waals surface area (Å²) in [4.78, 5) is 43.0. The van der Waals surface area contributed by atoms with Crippen LogP contribution >= 0.6 is 11.3 Å². The molecule has 12 nitrogen and oxygen atoms in total. The average molecular weight is 551 g/mol. The molecule has 2 aliphatic rings. The number of aromatic amines is 2. The van der Waals surface area contributed by atoms with Crippen LogP contribution in [0, 0.1) is 0 Å². The normalized spacial score (nSPS) is 18.2. The Morgan fingerprint density at radius 3 is 2.87 bits per heavy atom. The highest BCUT2D eigenvalue weighted by atomic mass is 32.1. The van der Waals surface area contributed by atoms with Gasteiger partial charge < -0.3 is 20.1 Å². The van der Waals surface area contributed by atoms with Crippen molar-refractivity contribution in [3.05, 3.63) is 56.2 Å². The van der Waals surface area contributed by atoms with E-state index in [1.54, 1.807) is 16.8 Å². The van der Waals surface area contributed by atoms with Crippen molar-refractivity contribution in [3.8, 4) is 16.5 Å². The second-order valence-electron chi connectivity index (χ2n) is 9.84. The van der Waals surface area contributed by atoms with Gasteiger partial charge in [0.05, 0.1) is 40.9 Å². The first-order valence-electron chi connectivity index (χ1n) is 13.1. The number of fused-ring (bicyclic) bond motifs is 1. The smallest absolute Gasteiger partial charge is 0.326 e. The van der Waals surface area contributed by atoms with E-state index in [0.29, 0.717) is 26.9 Å². The molecule has 4 aromatic heterocycles. The predicted octanol–water partition coefficient (Wildman–Crippen LogP) is 0.631. The molecule has 0 bridgehead atoms. The number of nitrogens with one attached hydrogen (secondary N) is 3. The maximum Gasteiger partial charge on any atom is 0.326 e. The molecule has 6 rings (SSSR count). The summed E-state index contributed by atoms with van der Waals surface area (Å²) in [5.41, 5.74) is 1.60. The molecule has 39 heavy (non-hydrogen) atoms. The molecule has 4 aromatic rings. The largest absolute Gasteiger partial charge is 0.493 e. The monoisotopic (exact) mass is 550 g/mol. The first kappa shape index (κ1) is 25.5. The number of ether oxygens (including phenoxy) is 1. The van der Waals surface area contributed by atoms with Crippen molar-refractivity contribution in [2.75, 3.05) is 32.8 Å². The molecule has 1 unspecified atom stereocenters. The van der Waals surface area contributed by atoms with E-state index in [1.807, 2.05) is 18.2 Å². The zero-order valence-corrected chi connectivity index (χ0v) is 22.3. The van der Waals surface area contributed by atoms with Gasteiger partial charge in [0.1, 0.15) is 5.69 Å². The van der Waals surface area contributed by atoms with Gasteiger partial charge in [-0.25, -0.2) is 9.78 Å². The van der Waals surface area contributed by atoms with Crippen molar-refractivity contribution >= 4 is 29.0 Å². The van der Waals surface area contributed by atoms with Gasteiger partial charge in [-0.3, -0.25) is 19.7 Å². The van der Waals surface area contributed by atoms with Crippen LogP contribution < -0.4 is 21.7 Å². The van der Waals surface area contributed by atoms with E-state index in [-0.39, 0.29) is 29.6 Å².